The first-order chi connectivity index (χ1) is 8.69. The molecule has 0 aliphatic heterocycles. The summed E-state index contributed by atoms with van der Waals surface area (Å²) in [7, 11) is 0. The maximum absolute atomic E-state index is 11.5. The molecule has 0 heterocycles. The summed E-state index contributed by atoms with van der Waals surface area (Å²) in [5, 5.41) is 8.95. The third-order valence-electron chi connectivity index (χ3n) is 2.20. The van der Waals surface area contributed by atoms with Crippen molar-refractivity contribution in [3.8, 4) is 0 Å². The van der Waals surface area contributed by atoms with Crippen LogP contribution < -0.4 is 5.73 Å². The molecule has 0 aliphatic rings. The van der Waals surface area contributed by atoms with E-state index in [0.29, 0.717) is 0 Å². The predicted octanol–water partition coefficient (Wildman–Crippen LogP) is -0.202. The van der Waals surface area contributed by atoms with Gasteiger partial charge in [0, 0.05) is 0 Å². The third kappa shape index (κ3) is 4.15. The number of benzene rings is 1. The van der Waals surface area contributed by atoms with Gasteiger partial charge in [0.2, 0.25) is 0 Å². The van der Waals surface area contributed by atoms with E-state index in [0.717, 1.165) is 5.56 Å². The smallest absolute Gasteiger partial charge is 0.324 e. The van der Waals surface area contributed by atoms with Crippen molar-refractivity contribution >= 4 is 11.9 Å². The van der Waals surface area contributed by atoms with Gasteiger partial charge < -0.3 is 14.6 Å². The van der Waals surface area contributed by atoms with Crippen LogP contribution >= 0.6 is 0 Å². The van der Waals surface area contributed by atoms with Crippen LogP contribution in [-0.2, 0) is 25.7 Å². The minimum atomic E-state index is -1.35. The van der Waals surface area contributed by atoms with E-state index in [1.54, 1.807) is 24.3 Å². The molecule has 0 aliphatic carbocycles. The van der Waals surface area contributed by atoms with Gasteiger partial charge in [-0.15, -0.1) is 0 Å². The number of rotatable bonds is 6. The lowest BCUT2D eigenvalue weighted by Crippen LogP contribution is -2.32. The largest absolute Gasteiger partial charge is 0.460 e. The summed E-state index contributed by atoms with van der Waals surface area (Å²) in [5.74, 6) is -3.07. The van der Waals surface area contributed by atoms with Crippen LogP contribution in [0, 0.1) is 5.92 Å². The van der Waals surface area contributed by atoms with Gasteiger partial charge in [0.15, 0.2) is 5.92 Å². The summed E-state index contributed by atoms with van der Waals surface area (Å²) in [6.45, 7) is -0.986. The number of hydrogen-bond acceptors (Lipinski definition) is 6. The fraction of sp³-hybridized carbons (Fsp3) is 0.333. The summed E-state index contributed by atoms with van der Waals surface area (Å²) in [6.07, 6.45) is 0. The summed E-state index contributed by atoms with van der Waals surface area (Å²) >= 11 is 0. The Bertz CT molecular complexity index is 393. The molecule has 0 saturated carbocycles. The Labute approximate surface area is 104 Å². The zero-order valence-electron chi connectivity index (χ0n) is 9.74. The van der Waals surface area contributed by atoms with Gasteiger partial charge in [-0.2, -0.15) is 0 Å². The molecule has 0 saturated heterocycles. The number of aliphatic hydroxyl groups excluding tert-OH is 1. The molecule has 0 amide bonds. The zero-order chi connectivity index (χ0) is 13.4. The Balaban J connectivity index is 2.50. The first kappa shape index (κ1) is 14.1. The highest BCUT2D eigenvalue weighted by Gasteiger charge is 2.28. The van der Waals surface area contributed by atoms with Crippen LogP contribution in [0.15, 0.2) is 30.3 Å². The number of aliphatic hydroxyl groups is 1. The van der Waals surface area contributed by atoms with Crippen molar-refractivity contribution < 1.29 is 24.2 Å². The normalized spacial score (nSPS) is 11.7. The van der Waals surface area contributed by atoms with Gasteiger partial charge in [-0.05, 0) is 5.56 Å². The molecule has 1 aromatic carbocycles. The molecule has 6 nitrogen and oxygen atoms in total. The number of nitrogens with two attached hydrogens (primary N) is 1. The van der Waals surface area contributed by atoms with Crippen molar-refractivity contribution in [1.29, 1.82) is 0 Å². The first-order valence-electron chi connectivity index (χ1n) is 5.37. The summed E-state index contributed by atoms with van der Waals surface area (Å²) in [4.78, 5) is 22.8. The first-order valence-corrected chi connectivity index (χ1v) is 5.37. The van der Waals surface area contributed by atoms with Gasteiger partial charge in [-0.1, -0.05) is 30.3 Å². The number of carbonyl (C=O) groups is 2. The van der Waals surface area contributed by atoms with E-state index in [9.17, 15) is 9.59 Å². The van der Waals surface area contributed by atoms with E-state index in [4.69, 9.17) is 15.6 Å². The van der Waals surface area contributed by atoms with E-state index in [2.05, 4.69) is 4.74 Å². The SMILES string of the molecule is NCOC(=O)[C@@H](CO)C(=O)OCc1ccccc1. The van der Waals surface area contributed by atoms with Crippen LogP contribution in [0.4, 0.5) is 0 Å². The second-order valence-electron chi connectivity index (χ2n) is 3.46. The van der Waals surface area contributed by atoms with Crippen molar-refractivity contribution in [1.82, 2.24) is 0 Å². The van der Waals surface area contributed by atoms with Gasteiger partial charge in [-0.3, -0.25) is 15.3 Å². The van der Waals surface area contributed by atoms with Crippen LogP contribution in [0.25, 0.3) is 0 Å². The van der Waals surface area contributed by atoms with Gasteiger partial charge >= 0.3 is 11.9 Å². The molecule has 6 heteroatoms. The molecule has 3 N–H and O–H groups in total. The van der Waals surface area contributed by atoms with Crippen molar-refractivity contribution in [2.45, 2.75) is 6.61 Å². The minimum Gasteiger partial charge on any atom is -0.460 e. The molecule has 0 radical (unpaired) electrons. The predicted molar refractivity (Wildman–Crippen MR) is 62.0 cm³/mol. The quantitative estimate of drug-likeness (QED) is 0.414. The molecule has 0 bridgehead atoms. The minimum absolute atomic E-state index is 0.0338. The molecular weight excluding hydrogens is 238 g/mol. The Morgan fingerprint density at radius 1 is 1.17 bits per heavy atom. The summed E-state index contributed by atoms with van der Waals surface area (Å²) in [6, 6.07) is 8.99. The Hall–Kier alpha value is -1.92. The topological polar surface area (TPSA) is 98.9 Å². The molecule has 1 rings (SSSR count). The third-order valence-corrected chi connectivity index (χ3v) is 2.20. The molecule has 18 heavy (non-hydrogen) atoms. The highest BCUT2D eigenvalue weighted by molar-refractivity contribution is 5.95. The van der Waals surface area contributed by atoms with Crippen molar-refractivity contribution in [3.63, 3.8) is 0 Å². The van der Waals surface area contributed by atoms with Crippen LogP contribution in [0.1, 0.15) is 5.56 Å². The zero-order valence-corrected chi connectivity index (χ0v) is 9.74. The highest BCUT2D eigenvalue weighted by Crippen LogP contribution is 2.06. The van der Waals surface area contributed by atoms with Gasteiger partial charge in [0.1, 0.15) is 13.3 Å². The maximum atomic E-state index is 11.5. The van der Waals surface area contributed by atoms with Crippen LogP contribution in [0.2, 0.25) is 0 Å². The van der Waals surface area contributed by atoms with E-state index >= 15 is 0 Å². The average Bonchev–Trinajstić information content (AvgIpc) is 2.39. The molecule has 0 unspecified atom stereocenters. The fourth-order valence-corrected chi connectivity index (χ4v) is 1.26. The maximum Gasteiger partial charge on any atom is 0.324 e. The summed E-state index contributed by atoms with van der Waals surface area (Å²) in [5.41, 5.74) is 5.80. The Morgan fingerprint density at radius 3 is 2.33 bits per heavy atom. The number of esters is 2. The lowest BCUT2D eigenvalue weighted by molar-refractivity contribution is -0.164. The van der Waals surface area contributed by atoms with Gasteiger partial charge in [0.25, 0.3) is 0 Å². The van der Waals surface area contributed by atoms with E-state index in [1.165, 1.54) is 0 Å². The fourth-order valence-electron chi connectivity index (χ4n) is 1.26. The number of carbonyl (C=O) groups excluding carboxylic acids is 2. The second-order valence-corrected chi connectivity index (χ2v) is 3.46. The second kappa shape index (κ2) is 7.41. The van der Waals surface area contributed by atoms with E-state index in [1.807, 2.05) is 6.07 Å². The lowest BCUT2D eigenvalue weighted by Gasteiger charge is -2.12. The summed E-state index contributed by atoms with van der Waals surface area (Å²) < 4.78 is 9.35. The van der Waals surface area contributed by atoms with E-state index < -0.39 is 24.5 Å². The van der Waals surface area contributed by atoms with Gasteiger partial charge in [-0.25, -0.2) is 0 Å². The van der Waals surface area contributed by atoms with Crippen molar-refractivity contribution in [3.05, 3.63) is 35.9 Å². The Kier molecular flexibility index (Phi) is 5.83. The molecule has 0 aromatic heterocycles. The van der Waals surface area contributed by atoms with Crippen LogP contribution in [0.5, 0.6) is 0 Å². The monoisotopic (exact) mass is 253 g/mol. The van der Waals surface area contributed by atoms with Crippen molar-refractivity contribution in [2.24, 2.45) is 11.7 Å². The van der Waals surface area contributed by atoms with Crippen LogP contribution in [-0.4, -0.2) is 30.4 Å². The molecule has 0 spiro atoms. The van der Waals surface area contributed by atoms with E-state index in [-0.39, 0.29) is 13.3 Å². The molecular formula is C12H15NO5. The lowest BCUT2D eigenvalue weighted by atomic mass is 10.1. The molecule has 98 valence electrons. The number of ether oxygens (including phenoxy) is 2. The number of hydrogen-bond donors (Lipinski definition) is 2. The molecule has 1 aromatic rings. The average molecular weight is 253 g/mol. The molecule has 1 atom stereocenters. The Morgan fingerprint density at radius 2 is 1.78 bits per heavy atom. The van der Waals surface area contributed by atoms with Crippen LogP contribution in [0.3, 0.4) is 0 Å². The van der Waals surface area contributed by atoms with Gasteiger partial charge in [0.05, 0.1) is 6.61 Å². The molecule has 0 fully saturated rings. The van der Waals surface area contributed by atoms with Crippen molar-refractivity contribution in [2.75, 3.05) is 13.3 Å². The highest BCUT2D eigenvalue weighted by atomic mass is 16.6. The standard InChI is InChI=1S/C12H15NO5/c13-8-18-12(16)10(6-14)11(15)17-7-9-4-2-1-3-5-9/h1-5,10,14H,6-8,13H2/t10-/m0/s1.